The molecule has 0 atom stereocenters. The van der Waals surface area contributed by atoms with Crippen LogP contribution in [0.2, 0.25) is 0 Å². The van der Waals surface area contributed by atoms with E-state index in [1.807, 2.05) is 31.2 Å². The molecule has 0 bridgehead atoms. The predicted molar refractivity (Wildman–Crippen MR) is 93.6 cm³/mol. The summed E-state index contributed by atoms with van der Waals surface area (Å²) in [5.41, 5.74) is 3.36. The minimum Gasteiger partial charge on any atom is -0.343 e. The molecule has 5 nitrogen and oxygen atoms in total. The summed E-state index contributed by atoms with van der Waals surface area (Å²) in [6, 6.07) is 9.68. The van der Waals surface area contributed by atoms with E-state index in [1.54, 1.807) is 22.1 Å². The molecule has 4 rings (SSSR count). The highest BCUT2D eigenvalue weighted by molar-refractivity contribution is 7.20. The second kappa shape index (κ2) is 5.31. The first-order valence-electron chi connectivity index (χ1n) is 7.65. The Bertz CT molecular complexity index is 1040. The van der Waals surface area contributed by atoms with Gasteiger partial charge >= 0.3 is 0 Å². The molecule has 4 aromatic rings. The predicted octanol–water partition coefficient (Wildman–Crippen LogP) is 3.58. The molecular formula is C17H16N4OS. The highest BCUT2D eigenvalue weighted by Crippen LogP contribution is 2.26. The van der Waals surface area contributed by atoms with Crippen LogP contribution in [-0.2, 0) is 6.42 Å². The second-order valence-electron chi connectivity index (χ2n) is 5.59. The van der Waals surface area contributed by atoms with Crippen LogP contribution in [0.3, 0.4) is 0 Å². The van der Waals surface area contributed by atoms with Crippen molar-refractivity contribution in [3.05, 3.63) is 51.9 Å². The summed E-state index contributed by atoms with van der Waals surface area (Å²) in [4.78, 5) is 20.4. The monoisotopic (exact) mass is 324 g/mol. The largest absolute Gasteiger partial charge is 0.343 e. The lowest BCUT2D eigenvalue weighted by Gasteiger charge is -2.02. The van der Waals surface area contributed by atoms with Gasteiger partial charge in [0.25, 0.3) is 0 Å². The topological polar surface area (TPSA) is 63.6 Å². The molecule has 3 aromatic heterocycles. The Morgan fingerprint density at radius 2 is 2.13 bits per heavy atom. The van der Waals surface area contributed by atoms with Crippen LogP contribution >= 0.6 is 11.3 Å². The first-order valence-corrected chi connectivity index (χ1v) is 8.46. The fourth-order valence-corrected chi connectivity index (χ4v) is 3.77. The molecule has 3 heterocycles. The molecule has 0 saturated carbocycles. The lowest BCUT2D eigenvalue weighted by Crippen LogP contribution is -2.06. The van der Waals surface area contributed by atoms with Gasteiger partial charge in [0.05, 0.1) is 21.3 Å². The average Bonchev–Trinajstić information content (AvgIpc) is 3.09. The van der Waals surface area contributed by atoms with E-state index >= 15 is 0 Å². The number of aryl methyl sites for hydroxylation is 2. The summed E-state index contributed by atoms with van der Waals surface area (Å²) in [7, 11) is 0. The lowest BCUT2D eigenvalue weighted by molar-refractivity contribution is 0.850. The standard InChI is InChI=1S/C17H16N4OS/c1-3-6-11-9-13(22)15-10(2)20-21(16(15)18-11)17-19-12-7-4-5-8-14(12)23-17/h4-5,7-9H,3,6H2,1-2H3,(H,18,22). The van der Waals surface area contributed by atoms with Crippen LogP contribution in [0.15, 0.2) is 35.1 Å². The Labute approximate surface area is 136 Å². The quantitative estimate of drug-likeness (QED) is 0.626. The van der Waals surface area contributed by atoms with E-state index in [9.17, 15) is 4.79 Å². The number of H-pyrrole nitrogens is 1. The molecule has 0 unspecified atom stereocenters. The van der Waals surface area contributed by atoms with E-state index in [0.717, 1.165) is 45.2 Å². The maximum absolute atomic E-state index is 12.4. The van der Waals surface area contributed by atoms with Crippen LogP contribution in [-0.4, -0.2) is 19.7 Å². The van der Waals surface area contributed by atoms with Gasteiger partial charge in [0, 0.05) is 11.8 Å². The number of nitrogens with zero attached hydrogens (tertiary/aromatic N) is 3. The Morgan fingerprint density at radius 1 is 1.30 bits per heavy atom. The van der Waals surface area contributed by atoms with Gasteiger partial charge in [-0.3, -0.25) is 4.79 Å². The number of fused-ring (bicyclic) bond motifs is 2. The van der Waals surface area contributed by atoms with Crippen LogP contribution in [0.5, 0.6) is 0 Å². The van der Waals surface area contributed by atoms with Crippen molar-refractivity contribution in [1.29, 1.82) is 0 Å². The molecule has 0 spiro atoms. The van der Waals surface area contributed by atoms with Gasteiger partial charge < -0.3 is 4.98 Å². The molecule has 116 valence electrons. The van der Waals surface area contributed by atoms with Gasteiger partial charge in [0.2, 0.25) is 5.13 Å². The number of benzene rings is 1. The molecule has 0 fully saturated rings. The normalized spacial score (nSPS) is 11.6. The number of hydrogen-bond acceptors (Lipinski definition) is 4. The maximum Gasteiger partial charge on any atom is 0.213 e. The minimum absolute atomic E-state index is 0.0204. The second-order valence-corrected chi connectivity index (χ2v) is 6.60. The van der Waals surface area contributed by atoms with Gasteiger partial charge in [-0.25, -0.2) is 4.98 Å². The van der Waals surface area contributed by atoms with Gasteiger partial charge in [-0.2, -0.15) is 9.78 Å². The summed E-state index contributed by atoms with van der Waals surface area (Å²) in [5, 5.41) is 5.97. The number of para-hydroxylation sites is 1. The molecule has 0 aliphatic heterocycles. The van der Waals surface area contributed by atoms with Crippen LogP contribution in [0, 0.1) is 6.92 Å². The zero-order chi connectivity index (χ0) is 16.0. The Kier molecular flexibility index (Phi) is 3.27. The molecule has 1 aromatic carbocycles. The van der Waals surface area contributed by atoms with Gasteiger partial charge in [-0.05, 0) is 25.5 Å². The van der Waals surface area contributed by atoms with Crippen molar-refractivity contribution in [2.45, 2.75) is 26.7 Å². The number of thiazole rings is 1. The highest BCUT2D eigenvalue weighted by Gasteiger charge is 2.16. The molecule has 0 aliphatic rings. The first-order chi connectivity index (χ1) is 11.2. The van der Waals surface area contributed by atoms with Crippen LogP contribution in [0.4, 0.5) is 0 Å². The first kappa shape index (κ1) is 14.1. The number of pyridine rings is 1. The molecule has 1 N–H and O–H groups in total. The highest BCUT2D eigenvalue weighted by atomic mass is 32.1. The van der Waals surface area contributed by atoms with Crippen molar-refractivity contribution in [2.24, 2.45) is 0 Å². The van der Waals surface area contributed by atoms with Crippen molar-refractivity contribution in [2.75, 3.05) is 0 Å². The van der Waals surface area contributed by atoms with Crippen molar-refractivity contribution in [1.82, 2.24) is 19.7 Å². The summed E-state index contributed by atoms with van der Waals surface area (Å²) in [5.74, 6) is 0. The maximum atomic E-state index is 12.4. The summed E-state index contributed by atoms with van der Waals surface area (Å²) in [6.07, 6.45) is 1.82. The van der Waals surface area contributed by atoms with E-state index in [1.165, 1.54) is 0 Å². The summed E-state index contributed by atoms with van der Waals surface area (Å²) < 4.78 is 2.87. The SMILES string of the molecule is CCCc1cc(=O)c2c(C)nn(-c3nc4ccccc4s3)c2[nH]1. The van der Waals surface area contributed by atoms with Crippen molar-refractivity contribution in [3.8, 4) is 5.13 Å². The number of hydrogen-bond donors (Lipinski definition) is 1. The zero-order valence-corrected chi connectivity index (χ0v) is 13.8. The van der Waals surface area contributed by atoms with Crippen molar-refractivity contribution in [3.63, 3.8) is 0 Å². The lowest BCUT2D eigenvalue weighted by atomic mass is 10.2. The number of rotatable bonds is 3. The average molecular weight is 324 g/mol. The molecule has 23 heavy (non-hydrogen) atoms. The summed E-state index contributed by atoms with van der Waals surface area (Å²) in [6.45, 7) is 3.96. The van der Waals surface area contributed by atoms with Crippen molar-refractivity contribution < 1.29 is 0 Å². The Balaban J connectivity index is 2.00. The third-order valence-corrected chi connectivity index (χ3v) is 4.89. The van der Waals surface area contributed by atoms with Crippen LogP contribution in [0.25, 0.3) is 26.4 Å². The number of aromatic nitrogens is 4. The third-order valence-electron chi connectivity index (χ3n) is 3.87. The van der Waals surface area contributed by atoms with E-state index in [2.05, 4.69) is 22.0 Å². The van der Waals surface area contributed by atoms with E-state index in [-0.39, 0.29) is 5.43 Å². The van der Waals surface area contributed by atoms with Gasteiger partial charge in [0.1, 0.15) is 5.65 Å². The fraction of sp³-hybridized carbons (Fsp3) is 0.235. The van der Waals surface area contributed by atoms with E-state index < -0.39 is 0 Å². The van der Waals surface area contributed by atoms with E-state index in [0.29, 0.717) is 5.39 Å². The molecular weight excluding hydrogens is 308 g/mol. The molecule has 0 saturated heterocycles. The number of aromatic amines is 1. The molecule has 0 amide bonds. The van der Waals surface area contributed by atoms with Gasteiger partial charge in [-0.15, -0.1) is 0 Å². The number of nitrogens with one attached hydrogen (secondary N) is 1. The smallest absolute Gasteiger partial charge is 0.213 e. The van der Waals surface area contributed by atoms with Gasteiger partial charge in [0.15, 0.2) is 5.43 Å². The van der Waals surface area contributed by atoms with Crippen LogP contribution < -0.4 is 5.43 Å². The van der Waals surface area contributed by atoms with Crippen molar-refractivity contribution >= 4 is 32.6 Å². The van der Waals surface area contributed by atoms with E-state index in [4.69, 9.17) is 0 Å². The van der Waals surface area contributed by atoms with Crippen LogP contribution in [0.1, 0.15) is 24.7 Å². The Hall–Kier alpha value is -2.47. The third kappa shape index (κ3) is 2.26. The van der Waals surface area contributed by atoms with Gasteiger partial charge in [-0.1, -0.05) is 36.8 Å². The zero-order valence-electron chi connectivity index (χ0n) is 13.0. The fourth-order valence-electron chi connectivity index (χ4n) is 2.85. The Morgan fingerprint density at radius 3 is 2.91 bits per heavy atom. The molecule has 0 radical (unpaired) electrons. The minimum atomic E-state index is 0.0204. The molecule has 0 aliphatic carbocycles. The molecule has 6 heteroatoms. The summed E-state index contributed by atoms with van der Waals surface area (Å²) >= 11 is 1.57.